The molecule has 6 heteroatoms. The lowest BCUT2D eigenvalue weighted by atomic mass is 10.1. The third-order valence-corrected chi connectivity index (χ3v) is 7.03. The third-order valence-electron chi connectivity index (χ3n) is 6.35. The standard InChI is InChI=1S/C25H25N3O2S/c29-24(20-12-13-31-17-20)26-14-21-10-11-22-16-28(25(30)18-6-2-1-3-7-18)23-9-5-4-8-19(23)15-27(21)22/h1-9,12-13,17,21-22H,10-11,14-16H2,(H,26,29)/t21-,22-/m0/s1. The molecule has 0 spiro atoms. The van der Waals surface area contributed by atoms with Crippen LogP contribution in [0, 0.1) is 0 Å². The largest absolute Gasteiger partial charge is 0.350 e. The topological polar surface area (TPSA) is 52.7 Å². The number of nitrogens with zero attached hydrogens (tertiary/aromatic N) is 2. The second kappa shape index (κ2) is 8.65. The molecule has 1 N–H and O–H groups in total. The van der Waals surface area contributed by atoms with Gasteiger partial charge < -0.3 is 10.2 Å². The van der Waals surface area contributed by atoms with Crippen molar-refractivity contribution in [3.05, 3.63) is 88.1 Å². The number of carbonyl (C=O) groups is 2. The number of rotatable bonds is 4. The second-order valence-electron chi connectivity index (χ2n) is 8.19. The van der Waals surface area contributed by atoms with Gasteiger partial charge in [-0.25, -0.2) is 0 Å². The summed E-state index contributed by atoms with van der Waals surface area (Å²) in [5.41, 5.74) is 3.58. The highest BCUT2D eigenvalue weighted by Crippen LogP contribution is 2.35. The van der Waals surface area contributed by atoms with Gasteiger partial charge in [-0.2, -0.15) is 11.3 Å². The normalized spacial score (nSPS) is 20.6. The van der Waals surface area contributed by atoms with Gasteiger partial charge in [0.25, 0.3) is 11.8 Å². The number of nitrogens with one attached hydrogen (secondary N) is 1. The van der Waals surface area contributed by atoms with Crippen molar-refractivity contribution in [2.24, 2.45) is 0 Å². The van der Waals surface area contributed by atoms with Crippen LogP contribution >= 0.6 is 11.3 Å². The summed E-state index contributed by atoms with van der Waals surface area (Å²) in [5.74, 6) is 0.0323. The SMILES string of the molecule is O=C(NC[C@@H]1CC[C@H]2CN(C(=O)c3ccccc3)c3ccccc3CN12)c1ccsc1. The zero-order chi connectivity index (χ0) is 21.2. The van der Waals surface area contributed by atoms with Crippen molar-refractivity contribution in [1.82, 2.24) is 10.2 Å². The molecule has 1 saturated heterocycles. The molecule has 2 aliphatic rings. The molecule has 0 unspecified atom stereocenters. The van der Waals surface area contributed by atoms with E-state index < -0.39 is 0 Å². The van der Waals surface area contributed by atoms with Crippen molar-refractivity contribution in [3.8, 4) is 0 Å². The van der Waals surface area contributed by atoms with Crippen LogP contribution in [0.4, 0.5) is 5.69 Å². The molecule has 0 saturated carbocycles. The van der Waals surface area contributed by atoms with Gasteiger partial charge in [0.2, 0.25) is 0 Å². The van der Waals surface area contributed by atoms with Crippen molar-refractivity contribution in [2.75, 3.05) is 18.0 Å². The molecule has 31 heavy (non-hydrogen) atoms. The number of carbonyl (C=O) groups excluding carboxylic acids is 2. The van der Waals surface area contributed by atoms with Crippen molar-refractivity contribution in [2.45, 2.75) is 31.5 Å². The van der Waals surface area contributed by atoms with E-state index in [0.717, 1.165) is 36.2 Å². The molecule has 0 radical (unpaired) electrons. The summed E-state index contributed by atoms with van der Waals surface area (Å²) in [7, 11) is 0. The van der Waals surface area contributed by atoms with Gasteiger partial charge in [-0.15, -0.1) is 0 Å². The molecule has 1 aromatic heterocycles. The van der Waals surface area contributed by atoms with E-state index >= 15 is 0 Å². The van der Waals surface area contributed by atoms with Crippen LogP contribution in [-0.4, -0.2) is 41.9 Å². The molecule has 158 valence electrons. The molecule has 0 bridgehead atoms. The molecular formula is C25H25N3O2S. The number of amides is 2. The van der Waals surface area contributed by atoms with Crippen LogP contribution in [0.3, 0.4) is 0 Å². The molecular weight excluding hydrogens is 406 g/mol. The van der Waals surface area contributed by atoms with Crippen LogP contribution in [0.25, 0.3) is 0 Å². The Morgan fingerprint density at radius 2 is 1.77 bits per heavy atom. The highest BCUT2D eigenvalue weighted by molar-refractivity contribution is 7.08. The Morgan fingerprint density at radius 3 is 2.58 bits per heavy atom. The lowest BCUT2D eigenvalue weighted by Crippen LogP contribution is -2.45. The van der Waals surface area contributed by atoms with E-state index in [4.69, 9.17) is 0 Å². The summed E-state index contributed by atoms with van der Waals surface area (Å²) in [6, 6.07) is 20.1. The summed E-state index contributed by atoms with van der Waals surface area (Å²) in [5, 5.41) is 6.91. The molecule has 0 aliphatic carbocycles. The van der Waals surface area contributed by atoms with E-state index in [1.807, 2.05) is 70.3 Å². The predicted octanol–water partition coefficient (Wildman–Crippen LogP) is 4.17. The zero-order valence-corrected chi connectivity index (χ0v) is 18.1. The number of anilines is 1. The number of thiophene rings is 1. The quantitative estimate of drug-likeness (QED) is 0.675. The maximum Gasteiger partial charge on any atom is 0.258 e. The maximum absolute atomic E-state index is 13.4. The fraction of sp³-hybridized carbons (Fsp3) is 0.280. The van der Waals surface area contributed by atoms with Crippen LogP contribution in [0.2, 0.25) is 0 Å². The minimum absolute atomic E-state index is 0.0131. The van der Waals surface area contributed by atoms with Crippen molar-refractivity contribution in [3.63, 3.8) is 0 Å². The Morgan fingerprint density at radius 1 is 0.968 bits per heavy atom. The fourth-order valence-corrected chi connectivity index (χ4v) is 5.37. The minimum atomic E-state index is -0.0131. The Labute approximate surface area is 186 Å². The summed E-state index contributed by atoms with van der Waals surface area (Å²) in [6.45, 7) is 2.08. The van der Waals surface area contributed by atoms with Crippen molar-refractivity contribution in [1.29, 1.82) is 0 Å². The number of benzene rings is 2. The van der Waals surface area contributed by atoms with Crippen LogP contribution in [0.15, 0.2) is 71.4 Å². The smallest absolute Gasteiger partial charge is 0.258 e. The van der Waals surface area contributed by atoms with Crippen LogP contribution < -0.4 is 10.2 Å². The molecule has 1 fully saturated rings. The van der Waals surface area contributed by atoms with Gasteiger partial charge in [-0.1, -0.05) is 36.4 Å². The molecule has 5 nitrogen and oxygen atoms in total. The number of hydrogen-bond acceptors (Lipinski definition) is 4. The number of hydrogen-bond donors (Lipinski definition) is 1. The van der Waals surface area contributed by atoms with Crippen molar-refractivity contribution >= 4 is 28.8 Å². The van der Waals surface area contributed by atoms with Gasteiger partial charge in [0.1, 0.15) is 0 Å². The molecule has 2 amide bonds. The lowest BCUT2D eigenvalue weighted by molar-refractivity contribution is 0.0934. The summed E-state index contributed by atoms with van der Waals surface area (Å²) in [6.07, 6.45) is 2.04. The van der Waals surface area contributed by atoms with Gasteiger partial charge in [-0.05, 0) is 48.1 Å². The number of fused-ring (bicyclic) bond motifs is 2. The molecule has 3 heterocycles. The molecule has 5 rings (SSSR count). The van der Waals surface area contributed by atoms with E-state index in [-0.39, 0.29) is 23.9 Å². The molecule has 2 aliphatic heterocycles. The van der Waals surface area contributed by atoms with E-state index in [9.17, 15) is 9.59 Å². The van der Waals surface area contributed by atoms with Gasteiger partial charge in [0.05, 0.1) is 0 Å². The van der Waals surface area contributed by atoms with Gasteiger partial charge in [0.15, 0.2) is 0 Å². The Bertz CT molecular complexity index is 1070. The third kappa shape index (κ3) is 4.01. The summed E-state index contributed by atoms with van der Waals surface area (Å²) >= 11 is 1.53. The lowest BCUT2D eigenvalue weighted by Gasteiger charge is -2.29. The second-order valence-corrected chi connectivity index (χ2v) is 8.97. The zero-order valence-electron chi connectivity index (χ0n) is 17.2. The number of para-hydroxylation sites is 1. The first-order chi connectivity index (χ1) is 15.2. The molecule has 2 aromatic carbocycles. The van der Waals surface area contributed by atoms with E-state index in [1.165, 1.54) is 11.3 Å². The Balaban J connectivity index is 1.37. The van der Waals surface area contributed by atoms with E-state index in [0.29, 0.717) is 18.7 Å². The highest BCUT2D eigenvalue weighted by Gasteiger charge is 2.38. The minimum Gasteiger partial charge on any atom is -0.350 e. The first-order valence-electron chi connectivity index (χ1n) is 10.7. The monoisotopic (exact) mass is 431 g/mol. The van der Waals surface area contributed by atoms with Crippen LogP contribution in [-0.2, 0) is 6.54 Å². The average Bonchev–Trinajstić information content (AvgIpc) is 3.44. The van der Waals surface area contributed by atoms with Gasteiger partial charge in [0, 0.05) is 53.9 Å². The average molecular weight is 432 g/mol. The fourth-order valence-electron chi connectivity index (χ4n) is 4.74. The summed E-state index contributed by atoms with van der Waals surface area (Å²) < 4.78 is 0. The predicted molar refractivity (Wildman–Crippen MR) is 124 cm³/mol. The summed E-state index contributed by atoms with van der Waals surface area (Å²) in [4.78, 5) is 30.2. The Hall–Kier alpha value is -2.96. The first kappa shape index (κ1) is 20.0. The van der Waals surface area contributed by atoms with Crippen LogP contribution in [0.5, 0.6) is 0 Å². The van der Waals surface area contributed by atoms with Gasteiger partial charge >= 0.3 is 0 Å². The maximum atomic E-state index is 13.4. The van der Waals surface area contributed by atoms with E-state index in [2.05, 4.69) is 16.3 Å². The van der Waals surface area contributed by atoms with Gasteiger partial charge in [-0.3, -0.25) is 14.5 Å². The first-order valence-corrected chi connectivity index (χ1v) is 11.7. The van der Waals surface area contributed by atoms with Crippen molar-refractivity contribution < 1.29 is 9.59 Å². The Kier molecular flexibility index (Phi) is 5.57. The highest BCUT2D eigenvalue weighted by atomic mass is 32.1. The molecule has 3 aromatic rings. The van der Waals surface area contributed by atoms with Crippen LogP contribution in [0.1, 0.15) is 39.1 Å². The van der Waals surface area contributed by atoms with E-state index in [1.54, 1.807) is 0 Å². The molecule has 2 atom stereocenters.